The molecule has 0 unspecified atom stereocenters. The Morgan fingerprint density at radius 1 is 1.47 bits per heavy atom. The highest BCUT2D eigenvalue weighted by Gasteiger charge is 2.10. The Labute approximate surface area is 99.4 Å². The fourth-order valence-corrected chi connectivity index (χ4v) is 2.05. The van der Waals surface area contributed by atoms with Crippen LogP contribution in [0.25, 0.3) is 0 Å². The molecule has 0 amide bonds. The number of anilines is 1. The number of nitrogens with one attached hydrogen (secondary N) is 1. The number of hydrogen-bond donors (Lipinski definition) is 1. The quantitative estimate of drug-likeness (QED) is 0.908. The summed E-state index contributed by atoms with van der Waals surface area (Å²) in [6.45, 7) is 4.31. The zero-order chi connectivity index (χ0) is 11.4. The molecule has 15 heavy (non-hydrogen) atoms. The molecule has 0 aromatic heterocycles. The van der Waals surface area contributed by atoms with Crippen molar-refractivity contribution in [3.63, 3.8) is 0 Å². The van der Waals surface area contributed by atoms with E-state index in [-0.39, 0.29) is 0 Å². The van der Waals surface area contributed by atoms with Gasteiger partial charge in [0, 0.05) is 17.2 Å². The molecule has 1 aromatic rings. The lowest BCUT2D eigenvalue weighted by Gasteiger charge is -2.13. The molecule has 1 aromatic carbocycles. The number of hydrogen-bond acceptors (Lipinski definition) is 2. The van der Waals surface area contributed by atoms with Crippen LogP contribution in [0.4, 0.5) is 5.69 Å². The van der Waals surface area contributed by atoms with Gasteiger partial charge in [0.2, 0.25) is 0 Å². The Morgan fingerprint density at radius 2 is 2.13 bits per heavy atom. The standard InChI is InChI=1S/C12H15BrN2/c1-8(2)4-11-9(7-14)5-10(13)6-12(11)15-3/h5-6,8,15H,4H2,1-3H3. The van der Waals surface area contributed by atoms with E-state index in [1.165, 1.54) is 0 Å². The van der Waals surface area contributed by atoms with Crippen molar-refractivity contribution in [2.45, 2.75) is 20.3 Å². The second-order valence-electron chi connectivity index (χ2n) is 3.94. The Morgan fingerprint density at radius 3 is 2.60 bits per heavy atom. The lowest BCUT2D eigenvalue weighted by atomic mass is 9.97. The van der Waals surface area contributed by atoms with E-state index in [1.807, 2.05) is 19.2 Å². The smallest absolute Gasteiger partial charge is 0.0995 e. The maximum atomic E-state index is 9.08. The van der Waals surface area contributed by atoms with Crippen molar-refractivity contribution in [3.05, 3.63) is 27.7 Å². The van der Waals surface area contributed by atoms with Crippen LogP contribution in [0.15, 0.2) is 16.6 Å². The topological polar surface area (TPSA) is 35.8 Å². The highest BCUT2D eigenvalue weighted by atomic mass is 79.9. The predicted octanol–water partition coefficient (Wildman–Crippen LogP) is 3.56. The molecule has 0 saturated heterocycles. The minimum Gasteiger partial charge on any atom is -0.388 e. The first-order valence-electron chi connectivity index (χ1n) is 4.98. The van der Waals surface area contributed by atoms with Gasteiger partial charge in [-0.05, 0) is 30.0 Å². The zero-order valence-corrected chi connectivity index (χ0v) is 10.9. The molecule has 80 valence electrons. The van der Waals surface area contributed by atoms with Gasteiger partial charge in [-0.15, -0.1) is 0 Å². The summed E-state index contributed by atoms with van der Waals surface area (Å²) < 4.78 is 0.941. The normalized spacial score (nSPS) is 10.1. The van der Waals surface area contributed by atoms with Crippen LogP contribution in [-0.2, 0) is 6.42 Å². The maximum Gasteiger partial charge on any atom is 0.0995 e. The molecule has 0 saturated carbocycles. The van der Waals surface area contributed by atoms with Crippen molar-refractivity contribution in [3.8, 4) is 6.07 Å². The van der Waals surface area contributed by atoms with Crippen molar-refractivity contribution in [1.82, 2.24) is 0 Å². The van der Waals surface area contributed by atoms with Gasteiger partial charge in [0.05, 0.1) is 11.6 Å². The monoisotopic (exact) mass is 266 g/mol. The lowest BCUT2D eigenvalue weighted by molar-refractivity contribution is 0.647. The fraction of sp³-hybridized carbons (Fsp3) is 0.417. The van der Waals surface area contributed by atoms with E-state index >= 15 is 0 Å². The van der Waals surface area contributed by atoms with Crippen LogP contribution < -0.4 is 5.32 Å². The minimum absolute atomic E-state index is 0.547. The van der Waals surface area contributed by atoms with E-state index in [0.29, 0.717) is 5.92 Å². The summed E-state index contributed by atoms with van der Waals surface area (Å²) in [5, 5.41) is 12.2. The molecule has 0 radical (unpaired) electrons. The summed E-state index contributed by atoms with van der Waals surface area (Å²) in [5.41, 5.74) is 2.90. The summed E-state index contributed by atoms with van der Waals surface area (Å²) in [5.74, 6) is 0.547. The maximum absolute atomic E-state index is 9.08. The number of rotatable bonds is 3. The largest absolute Gasteiger partial charge is 0.388 e. The molecule has 1 rings (SSSR count). The lowest BCUT2D eigenvalue weighted by Crippen LogP contribution is -2.03. The summed E-state index contributed by atoms with van der Waals surface area (Å²) in [7, 11) is 1.88. The first-order valence-corrected chi connectivity index (χ1v) is 5.78. The third-order valence-electron chi connectivity index (χ3n) is 2.22. The third kappa shape index (κ3) is 2.97. The van der Waals surface area contributed by atoms with Crippen LogP contribution in [0.5, 0.6) is 0 Å². The molecule has 0 aliphatic rings. The van der Waals surface area contributed by atoms with Gasteiger partial charge in [0.25, 0.3) is 0 Å². The Hall–Kier alpha value is -1.01. The van der Waals surface area contributed by atoms with Gasteiger partial charge in [-0.25, -0.2) is 0 Å². The van der Waals surface area contributed by atoms with E-state index < -0.39 is 0 Å². The molecular formula is C12H15BrN2. The first-order chi connectivity index (χ1) is 7.08. The fourth-order valence-electron chi connectivity index (χ4n) is 1.59. The molecule has 0 atom stereocenters. The average molecular weight is 267 g/mol. The van der Waals surface area contributed by atoms with E-state index in [9.17, 15) is 0 Å². The van der Waals surface area contributed by atoms with Crippen LogP contribution >= 0.6 is 15.9 Å². The van der Waals surface area contributed by atoms with Gasteiger partial charge in [-0.2, -0.15) is 5.26 Å². The minimum atomic E-state index is 0.547. The molecule has 0 aliphatic heterocycles. The second-order valence-corrected chi connectivity index (χ2v) is 4.85. The predicted molar refractivity (Wildman–Crippen MR) is 66.9 cm³/mol. The van der Waals surface area contributed by atoms with Gasteiger partial charge in [0.15, 0.2) is 0 Å². The summed E-state index contributed by atoms with van der Waals surface area (Å²) >= 11 is 3.40. The van der Waals surface area contributed by atoms with Gasteiger partial charge in [-0.1, -0.05) is 29.8 Å². The van der Waals surface area contributed by atoms with Crippen LogP contribution in [0.2, 0.25) is 0 Å². The molecule has 2 nitrogen and oxygen atoms in total. The van der Waals surface area contributed by atoms with Gasteiger partial charge >= 0.3 is 0 Å². The Bertz CT molecular complexity index is 391. The average Bonchev–Trinajstić information content (AvgIpc) is 2.19. The third-order valence-corrected chi connectivity index (χ3v) is 2.67. The molecule has 1 N–H and O–H groups in total. The molecule has 0 spiro atoms. The number of benzene rings is 1. The van der Waals surface area contributed by atoms with E-state index in [4.69, 9.17) is 5.26 Å². The van der Waals surface area contributed by atoms with Crippen LogP contribution in [0.1, 0.15) is 25.0 Å². The molecule has 0 aliphatic carbocycles. The SMILES string of the molecule is CNc1cc(Br)cc(C#N)c1CC(C)C. The van der Waals surface area contributed by atoms with Crippen LogP contribution in [-0.4, -0.2) is 7.05 Å². The number of nitriles is 1. The van der Waals surface area contributed by atoms with E-state index in [0.717, 1.165) is 27.7 Å². The van der Waals surface area contributed by atoms with Gasteiger partial charge in [-0.3, -0.25) is 0 Å². The van der Waals surface area contributed by atoms with Crippen LogP contribution in [0.3, 0.4) is 0 Å². The first kappa shape index (κ1) is 12.1. The molecule has 0 bridgehead atoms. The van der Waals surface area contributed by atoms with Gasteiger partial charge in [0.1, 0.15) is 0 Å². The molecule has 0 fully saturated rings. The highest BCUT2D eigenvalue weighted by molar-refractivity contribution is 9.10. The van der Waals surface area contributed by atoms with E-state index in [1.54, 1.807) is 0 Å². The van der Waals surface area contributed by atoms with E-state index in [2.05, 4.69) is 41.2 Å². The number of halogens is 1. The van der Waals surface area contributed by atoms with Crippen molar-refractivity contribution in [2.24, 2.45) is 5.92 Å². The Kier molecular flexibility index (Phi) is 4.16. The highest BCUT2D eigenvalue weighted by Crippen LogP contribution is 2.27. The van der Waals surface area contributed by atoms with Crippen molar-refractivity contribution >= 4 is 21.6 Å². The van der Waals surface area contributed by atoms with Gasteiger partial charge < -0.3 is 5.32 Å². The van der Waals surface area contributed by atoms with Crippen molar-refractivity contribution in [2.75, 3.05) is 12.4 Å². The molecular weight excluding hydrogens is 252 g/mol. The summed E-state index contributed by atoms with van der Waals surface area (Å²) in [6, 6.07) is 6.13. The van der Waals surface area contributed by atoms with Crippen molar-refractivity contribution < 1.29 is 0 Å². The summed E-state index contributed by atoms with van der Waals surface area (Å²) in [4.78, 5) is 0. The Balaban J connectivity index is 3.25. The molecule has 0 heterocycles. The van der Waals surface area contributed by atoms with Crippen molar-refractivity contribution in [1.29, 1.82) is 5.26 Å². The van der Waals surface area contributed by atoms with Crippen LogP contribution in [0, 0.1) is 17.2 Å². The molecule has 3 heteroatoms. The summed E-state index contributed by atoms with van der Waals surface area (Å²) in [6.07, 6.45) is 0.923. The second kappa shape index (κ2) is 5.18. The number of nitrogens with zero attached hydrogens (tertiary/aromatic N) is 1. The zero-order valence-electron chi connectivity index (χ0n) is 9.26.